The Balaban J connectivity index is 0.00000456. The van der Waals surface area contributed by atoms with E-state index in [1.807, 2.05) is 0 Å². The first-order chi connectivity index (χ1) is 16.7. The monoisotopic (exact) mass is 541 g/mol. The van der Waals surface area contributed by atoms with Gasteiger partial charge in [0.15, 0.2) is 0 Å². The second-order valence-corrected chi connectivity index (χ2v) is 11.4. The molecule has 1 heterocycles. The van der Waals surface area contributed by atoms with Crippen molar-refractivity contribution in [3.05, 3.63) is 54.4 Å². The Labute approximate surface area is 219 Å². The van der Waals surface area contributed by atoms with Gasteiger partial charge in [-0.3, -0.25) is 20.3 Å². The van der Waals surface area contributed by atoms with E-state index < -0.39 is 26.5 Å². The van der Waals surface area contributed by atoms with E-state index in [4.69, 9.17) is 9.47 Å². The van der Waals surface area contributed by atoms with Crippen LogP contribution in [0.2, 0.25) is 0 Å². The molecule has 1 atom stereocenters. The number of hydroxylamine groups is 1. The first-order valence-electron chi connectivity index (χ1n) is 11.8. The van der Waals surface area contributed by atoms with Crippen LogP contribution < -0.4 is 15.5 Å². The van der Waals surface area contributed by atoms with Crippen LogP contribution in [0.4, 0.5) is 0 Å². The molecule has 0 spiro atoms. The third-order valence-corrected chi connectivity index (χ3v) is 8.85. The van der Waals surface area contributed by atoms with Gasteiger partial charge in [0.1, 0.15) is 5.75 Å². The summed E-state index contributed by atoms with van der Waals surface area (Å²) in [4.78, 5) is 15.2. The highest BCUT2D eigenvalue weighted by molar-refractivity contribution is 7.93. The number of nitrogens with zero attached hydrogens (tertiary/aromatic N) is 1. The molecule has 0 aliphatic heterocycles. The molecule has 1 fully saturated rings. The predicted molar refractivity (Wildman–Crippen MR) is 138 cm³/mol. The zero-order valence-electron chi connectivity index (χ0n) is 20.8. The van der Waals surface area contributed by atoms with Crippen LogP contribution >= 0.6 is 12.4 Å². The molecule has 1 amide bonds. The standard InChI is InChI=1S/C25H35N3O6S.ClH/c1-18(2)17-34-22-6-4-20(5-7-22)25(24(29)28-30,27-16-19-12-14-26-15-13-19)35(31,32)23-10-8-21(33-3)9-11-23;/h8-15,18,20,22,27,30H,4-7,16-17H2,1-3H3,(H,28,29);1H/t20-,22-,25-;/m1./s1. The Morgan fingerprint density at radius 1 is 1.11 bits per heavy atom. The minimum Gasteiger partial charge on any atom is -0.497 e. The summed E-state index contributed by atoms with van der Waals surface area (Å²) in [6.07, 6.45) is 5.32. The number of ether oxygens (including phenoxy) is 2. The summed E-state index contributed by atoms with van der Waals surface area (Å²) < 4.78 is 39.4. The van der Waals surface area contributed by atoms with E-state index in [0.29, 0.717) is 44.0 Å². The number of pyridine rings is 1. The number of hydrogen-bond acceptors (Lipinski definition) is 8. The van der Waals surface area contributed by atoms with Gasteiger partial charge in [0, 0.05) is 31.5 Å². The molecule has 0 saturated heterocycles. The van der Waals surface area contributed by atoms with E-state index in [2.05, 4.69) is 24.1 Å². The molecule has 36 heavy (non-hydrogen) atoms. The maximum atomic E-state index is 14.2. The highest BCUT2D eigenvalue weighted by atomic mass is 35.5. The van der Waals surface area contributed by atoms with Gasteiger partial charge in [-0.15, -0.1) is 12.4 Å². The molecule has 3 rings (SSSR count). The third kappa shape index (κ3) is 6.54. The molecule has 3 N–H and O–H groups in total. The van der Waals surface area contributed by atoms with Crippen LogP contribution in [-0.2, 0) is 25.9 Å². The van der Waals surface area contributed by atoms with E-state index in [0.717, 1.165) is 5.56 Å². The number of carbonyl (C=O) groups excluding carboxylic acids is 1. The molecule has 11 heteroatoms. The number of carbonyl (C=O) groups is 1. The smallest absolute Gasteiger partial charge is 0.280 e. The summed E-state index contributed by atoms with van der Waals surface area (Å²) in [6, 6.07) is 9.39. The molecule has 1 aliphatic rings. The van der Waals surface area contributed by atoms with Gasteiger partial charge in [-0.25, -0.2) is 13.9 Å². The maximum Gasteiger partial charge on any atom is 0.280 e. The van der Waals surface area contributed by atoms with Crippen molar-refractivity contribution < 1.29 is 27.9 Å². The number of halogens is 1. The van der Waals surface area contributed by atoms with E-state index in [1.54, 1.807) is 30.0 Å². The Hall–Kier alpha value is -2.24. The van der Waals surface area contributed by atoms with Gasteiger partial charge >= 0.3 is 0 Å². The predicted octanol–water partition coefficient (Wildman–Crippen LogP) is 3.51. The first-order valence-corrected chi connectivity index (χ1v) is 13.3. The number of benzene rings is 1. The Kier molecular flexibility index (Phi) is 11.1. The lowest BCUT2D eigenvalue weighted by Crippen LogP contribution is -2.66. The van der Waals surface area contributed by atoms with Crippen molar-refractivity contribution in [2.45, 2.75) is 61.9 Å². The van der Waals surface area contributed by atoms with E-state index in [9.17, 15) is 18.4 Å². The Morgan fingerprint density at radius 3 is 2.25 bits per heavy atom. The van der Waals surface area contributed by atoms with Gasteiger partial charge < -0.3 is 9.47 Å². The van der Waals surface area contributed by atoms with Crippen molar-refractivity contribution >= 4 is 28.2 Å². The number of aromatic nitrogens is 1. The van der Waals surface area contributed by atoms with Crippen LogP contribution in [0.15, 0.2) is 53.7 Å². The number of rotatable bonds is 11. The van der Waals surface area contributed by atoms with Crippen molar-refractivity contribution in [2.24, 2.45) is 11.8 Å². The largest absolute Gasteiger partial charge is 0.497 e. The van der Waals surface area contributed by atoms with Gasteiger partial charge in [-0.1, -0.05) is 13.8 Å². The fourth-order valence-corrected chi connectivity index (χ4v) is 6.66. The molecule has 9 nitrogen and oxygen atoms in total. The third-order valence-electron chi connectivity index (χ3n) is 6.45. The number of amides is 1. The highest BCUT2D eigenvalue weighted by Crippen LogP contribution is 2.41. The van der Waals surface area contributed by atoms with Crippen molar-refractivity contribution in [2.75, 3.05) is 13.7 Å². The quantitative estimate of drug-likeness (QED) is 0.291. The second-order valence-electron chi connectivity index (χ2n) is 9.27. The summed E-state index contributed by atoms with van der Waals surface area (Å²) in [7, 11) is -2.82. The molecule has 0 unspecified atom stereocenters. The number of methoxy groups -OCH3 is 1. The SMILES string of the molecule is COc1ccc(S(=O)(=O)[C@@](NCc2ccncc2)(C(=O)NO)[C@H]2CC[C@H](OCC(C)C)CC2)cc1.Cl. The Bertz CT molecular complexity index is 1060. The van der Waals surface area contributed by atoms with E-state index >= 15 is 0 Å². The maximum absolute atomic E-state index is 14.2. The highest BCUT2D eigenvalue weighted by Gasteiger charge is 2.57. The minimum absolute atomic E-state index is 0. The fraction of sp³-hybridized carbons (Fsp3) is 0.520. The average Bonchev–Trinajstić information content (AvgIpc) is 2.88. The van der Waals surface area contributed by atoms with E-state index in [-0.39, 0.29) is 30.0 Å². The molecule has 1 saturated carbocycles. The summed E-state index contributed by atoms with van der Waals surface area (Å²) in [5.41, 5.74) is 2.40. The first kappa shape index (κ1) is 30.0. The molecule has 0 radical (unpaired) electrons. The summed E-state index contributed by atoms with van der Waals surface area (Å²) in [5.74, 6) is -0.713. The summed E-state index contributed by atoms with van der Waals surface area (Å²) in [6.45, 7) is 4.87. The van der Waals surface area contributed by atoms with Crippen molar-refractivity contribution in [3.63, 3.8) is 0 Å². The normalized spacial score (nSPS) is 19.7. The van der Waals surface area contributed by atoms with Gasteiger partial charge in [0.2, 0.25) is 14.7 Å². The van der Waals surface area contributed by atoms with Crippen LogP contribution in [0.25, 0.3) is 0 Å². The van der Waals surface area contributed by atoms with Crippen LogP contribution in [-0.4, -0.2) is 49.2 Å². The molecule has 1 aromatic carbocycles. The minimum atomic E-state index is -4.31. The zero-order chi connectivity index (χ0) is 25.5. The lowest BCUT2D eigenvalue weighted by molar-refractivity contribution is -0.135. The van der Waals surface area contributed by atoms with Crippen molar-refractivity contribution in [3.8, 4) is 5.75 Å². The Morgan fingerprint density at radius 2 is 1.72 bits per heavy atom. The number of nitrogens with one attached hydrogen (secondary N) is 2. The topological polar surface area (TPSA) is 127 Å². The van der Waals surface area contributed by atoms with Crippen molar-refractivity contribution in [1.82, 2.24) is 15.8 Å². The lowest BCUT2D eigenvalue weighted by atomic mass is 9.81. The molecule has 2 aromatic rings. The van der Waals surface area contributed by atoms with Gasteiger partial charge in [0.25, 0.3) is 5.91 Å². The zero-order valence-corrected chi connectivity index (χ0v) is 22.5. The van der Waals surface area contributed by atoms with Crippen LogP contribution in [0, 0.1) is 11.8 Å². The second kappa shape index (κ2) is 13.3. The molecule has 1 aliphatic carbocycles. The number of sulfone groups is 1. The summed E-state index contributed by atoms with van der Waals surface area (Å²) in [5, 5.41) is 12.8. The molecule has 200 valence electrons. The molecular formula is C25H36ClN3O6S. The lowest BCUT2D eigenvalue weighted by Gasteiger charge is -2.42. The van der Waals surface area contributed by atoms with Gasteiger partial charge in [-0.05, 0) is 73.6 Å². The van der Waals surface area contributed by atoms with E-state index in [1.165, 1.54) is 31.4 Å². The molecular weight excluding hydrogens is 506 g/mol. The van der Waals surface area contributed by atoms with Crippen LogP contribution in [0.3, 0.4) is 0 Å². The van der Waals surface area contributed by atoms with Crippen LogP contribution in [0.1, 0.15) is 45.1 Å². The van der Waals surface area contributed by atoms with Crippen molar-refractivity contribution in [1.29, 1.82) is 0 Å². The molecule has 0 bridgehead atoms. The van der Waals surface area contributed by atoms with Gasteiger partial charge in [0.05, 0.1) is 18.1 Å². The summed E-state index contributed by atoms with van der Waals surface area (Å²) >= 11 is 0. The van der Waals surface area contributed by atoms with Crippen LogP contribution in [0.5, 0.6) is 5.75 Å². The average molecular weight is 542 g/mol. The molecule has 1 aromatic heterocycles. The number of hydrogen-bond donors (Lipinski definition) is 3. The fourth-order valence-electron chi connectivity index (χ4n) is 4.57. The van der Waals surface area contributed by atoms with Gasteiger partial charge in [-0.2, -0.15) is 0 Å².